The van der Waals surface area contributed by atoms with Crippen LogP contribution in [0.1, 0.15) is 42.0 Å². The molecule has 1 heterocycles. The van der Waals surface area contributed by atoms with Crippen molar-refractivity contribution >= 4 is 23.2 Å². The van der Waals surface area contributed by atoms with Gasteiger partial charge in [-0.1, -0.05) is 28.9 Å². The Bertz CT molecular complexity index is 532. The molecule has 0 N–H and O–H groups in total. The lowest BCUT2D eigenvalue weighted by Crippen LogP contribution is -2.21. The summed E-state index contributed by atoms with van der Waals surface area (Å²) in [6.45, 7) is 0. The molecule has 1 aromatic heterocycles. The normalized spacial score (nSPS) is 22.8. The van der Waals surface area contributed by atoms with Crippen LogP contribution >= 0.6 is 23.2 Å². The molecule has 0 spiro atoms. The minimum atomic E-state index is 0.278. The minimum absolute atomic E-state index is 0.278. The molecule has 1 aromatic carbocycles. The molecule has 5 heteroatoms. The second-order valence-electron chi connectivity index (χ2n) is 4.60. The fraction of sp³-hybridized carbons (Fsp3) is 0.385. The van der Waals surface area contributed by atoms with Crippen molar-refractivity contribution in [2.24, 2.45) is 0 Å². The van der Waals surface area contributed by atoms with E-state index in [0.29, 0.717) is 17.7 Å². The average molecular weight is 283 g/mol. The number of benzene rings is 1. The Labute approximate surface area is 115 Å². The van der Waals surface area contributed by atoms with E-state index >= 15 is 0 Å². The molecular weight excluding hydrogens is 271 g/mol. The molecule has 3 rings (SSSR count). The van der Waals surface area contributed by atoms with Crippen LogP contribution in [0.15, 0.2) is 28.8 Å². The summed E-state index contributed by atoms with van der Waals surface area (Å²) in [5, 5.41) is 4.74. The van der Waals surface area contributed by atoms with Crippen molar-refractivity contribution in [1.29, 1.82) is 0 Å². The molecule has 3 nitrogen and oxygen atoms in total. The molecule has 1 aliphatic rings. The first-order chi connectivity index (χ1) is 8.76. The van der Waals surface area contributed by atoms with Gasteiger partial charge in [-0.15, -0.1) is 11.6 Å². The van der Waals surface area contributed by atoms with E-state index in [9.17, 15) is 0 Å². The molecule has 1 fully saturated rings. The van der Waals surface area contributed by atoms with E-state index in [1.165, 1.54) is 5.56 Å². The van der Waals surface area contributed by atoms with Crippen LogP contribution in [0.5, 0.6) is 0 Å². The maximum Gasteiger partial charge on any atom is 0.241 e. The maximum atomic E-state index is 5.88. The van der Waals surface area contributed by atoms with Crippen molar-refractivity contribution in [3.05, 3.63) is 46.6 Å². The van der Waals surface area contributed by atoms with Crippen LogP contribution in [-0.4, -0.2) is 10.1 Å². The topological polar surface area (TPSA) is 38.9 Å². The molecular formula is C13H12Cl2N2O. The molecule has 0 bridgehead atoms. The monoisotopic (exact) mass is 282 g/mol. The van der Waals surface area contributed by atoms with Crippen LogP contribution < -0.4 is 0 Å². The SMILES string of the molecule is ClCc1nc(C2CC(c3ccc(Cl)cc3)C2)no1. The number of aromatic nitrogens is 2. The quantitative estimate of drug-likeness (QED) is 0.795. The number of hydrogen-bond donors (Lipinski definition) is 0. The lowest BCUT2D eigenvalue weighted by Gasteiger charge is -2.33. The number of alkyl halides is 1. The Morgan fingerprint density at radius 2 is 1.89 bits per heavy atom. The second kappa shape index (κ2) is 4.90. The van der Waals surface area contributed by atoms with Gasteiger partial charge in [0, 0.05) is 10.9 Å². The first-order valence-corrected chi connectivity index (χ1v) is 6.81. The molecule has 0 amide bonds. The molecule has 0 radical (unpaired) electrons. The van der Waals surface area contributed by atoms with Crippen LogP contribution in [-0.2, 0) is 5.88 Å². The smallest absolute Gasteiger partial charge is 0.241 e. The Morgan fingerprint density at radius 3 is 2.50 bits per heavy atom. The van der Waals surface area contributed by atoms with Crippen molar-refractivity contribution in [1.82, 2.24) is 10.1 Å². The van der Waals surface area contributed by atoms with Crippen LogP contribution in [0.2, 0.25) is 5.02 Å². The van der Waals surface area contributed by atoms with Crippen LogP contribution in [0.4, 0.5) is 0 Å². The van der Waals surface area contributed by atoms with Gasteiger partial charge in [-0.2, -0.15) is 4.98 Å². The molecule has 0 atom stereocenters. The molecule has 1 aliphatic carbocycles. The highest BCUT2D eigenvalue weighted by molar-refractivity contribution is 6.30. The summed E-state index contributed by atoms with van der Waals surface area (Å²) < 4.78 is 5.02. The average Bonchev–Trinajstić information content (AvgIpc) is 2.78. The first kappa shape index (κ1) is 12.0. The summed E-state index contributed by atoms with van der Waals surface area (Å²) in [4.78, 5) is 4.26. The van der Waals surface area contributed by atoms with E-state index in [1.807, 2.05) is 12.1 Å². The first-order valence-electron chi connectivity index (χ1n) is 5.90. The van der Waals surface area contributed by atoms with Gasteiger partial charge in [-0.25, -0.2) is 0 Å². The molecule has 0 unspecified atom stereocenters. The predicted molar refractivity (Wildman–Crippen MR) is 70.0 cm³/mol. The number of rotatable bonds is 3. The van der Waals surface area contributed by atoms with E-state index in [-0.39, 0.29) is 5.88 Å². The van der Waals surface area contributed by atoms with Gasteiger partial charge in [0.15, 0.2) is 5.82 Å². The zero-order valence-corrected chi connectivity index (χ0v) is 11.2. The Hall–Kier alpha value is -1.06. The summed E-state index contributed by atoms with van der Waals surface area (Å²) in [7, 11) is 0. The van der Waals surface area contributed by atoms with Gasteiger partial charge in [-0.3, -0.25) is 0 Å². The molecule has 0 aliphatic heterocycles. The van der Waals surface area contributed by atoms with Crippen molar-refractivity contribution < 1.29 is 4.52 Å². The largest absolute Gasteiger partial charge is 0.338 e. The maximum absolute atomic E-state index is 5.88. The third kappa shape index (κ3) is 2.25. The van der Waals surface area contributed by atoms with E-state index in [2.05, 4.69) is 22.3 Å². The van der Waals surface area contributed by atoms with E-state index in [0.717, 1.165) is 23.7 Å². The number of nitrogens with zero attached hydrogens (tertiary/aromatic N) is 2. The Balaban J connectivity index is 1.64. The minimum Gasteiger partial charge on any atom is -0.338 e. The zero-order valence-electron chi connectivity index (χ0n) is 9.64. The van der Waals surface area contributed by atoms with E-state index < -0.39 is 0 Å². The molecule has 1 saturated carbocycles. The summed E-state index contributed by atoms with van der Waals surface area (Å²) in [6.07, 6.45) is 2.12. The highest BCUT2D eigenvalue weighted by atomic mass is 35.5. The van der Waals surface area contributed by atoms with Crippen LogP contribution in [0.25, 0.3) is 0 Å². The molecule has 0 saturated heterocycles. The summed E-state index contributed by atoms with van der Waals surface area (Å²) in [6, 6.07) is 8.04. The highest BCUT2D eigenvalue weighted by Crippen LogP contribution is 2.46. The van der Waals surface area contributed by atoms with Gasteiger partial charge in [-0.05, 0) is 36.5 Å². The van der Waals surface area contributed by atoms with Crippen LogP contribution in [0, 0.1) is 0 Å². The van der Waals surface area contributed by atoms with Gasteiger partial charge in [0.05, 0.1) is 0 Å². The molecule has 2 aromatic rings. The predicted octanol–water partition coefficient (Wildman–Crippen LogP) is 4.12. The fourth-order valence-electron chi connectivity index (χ4n) is 2.32. The summed E-state index contributed by atoms with van der Waals surface area (Å²) >= 11 is 11.5. The third-order valence-electron chi connectivity index (χ3n) is 3.44. The zero-order chi connectivity index (χ0) is 12.5. The lowest BCUT2D eigenvalue weighted by atomic mass is 9.71. The second-order valence-corrected chi connectivity index (χ2v) is 5.30. The van der Waals surface area contributed by atoms with Gasteiger partial charge < -0.3 is 4.52 Å². The Morgan fingerprint density at radius 1 is 1.17 bits per heavy atom. The number of hydrogen-bond acceptors (Lipinski definition) is 3. The fourth-order valence-corrected chi connectivity index (χ4v) is 2.56. The molecule has 94 valence electrons. The van der Waals surface area contributed by atoms with Gasteiger partial charge >= 0.3 is 0 Å². The molecule has 18 heavy (non-hydrogen) atoms. The number of halogens is 2. The van der Waals surface area contributed by atoms with Crippen LogP contribution in [0.3, 0.4) is 0 Å². The standard InChI is InChI=1S/C13H12Cl2N2O/c14-7-12-16-13(17-18-12)10-5-9(6-10)8-1-3-11(15)4-2-8/h1-4,9-10H,5-7H2. The van der Waals surface area contributed by atoms with E-state index in [4.69, 9.17) is 27.7 Å². The summed E-state index contributed by atoms with van der Waals surface area (Å²) in [5.74, 6) is 2.54. The van der Waals surface area contributed by atoms with Gasteiger partial charge in [0.25, 0.3) is 0 Å². The van der Waals surface area contributed by atoms with Crippen molar-refractivity contribution in [3.63, 3.8) is 0 Å². The summed E-state index contributed by atoms with van der Waals surface area (Å²) in [5.41, 5.74) is 1.33. The highest BCUT2D eigenvalue weighted by Gasteiger charge is 2.34. The van der Waals surface area contributed by atoms with Crippen molar-refractivity contribution in [3.8, 4) is 0 Å². The van der Waals surface area contributed by atoms with Gasteiger partial charge in [0.2, 0.25) is 5.89 Å². The van der Waals surface area contributed by atoms with Crippen molar-refractivity contribution in [2.75, 3.05) is 0 Å². The van der Waals surface area contributed by atoms with Gasteiger partial charge in [0.1, 0.15) is 5.88 Å². The van der Waals surface area contributed by atoms with E-state index in [1.54, 1.807) is 0 Å². The Kier molecular flexibility index (Phi) is 3.27. The lowest BCUT2D eigenvalue weighted by molar-refractivity contribution is 0.318. The third-order valence-corrected chi connectivity index (χ3v) is 3.92. The van der Waals surface area contributed by atoms with Crippen molar-refractivity contribution in [2.45, 2.75) is 30.6 Å².